The van der Waals surface area contributed by atoms with E-state index in [0.29, 0.717) is 0 Å². The lowest BCUT2D eigenvalue weighted by atomic mass is 10.2. The first-order valence-electron chi connectivity index (χ1n) is 3.43. The minimum absolute atomic E-state index is 0.229. The van der Waals surface area contributed by atoms with E-state index in [9.17, 15) is 13.9 Å². The van der Waals surface area contributed by atoms with Gasteiger partial charge in [-0.15, -0.1) is 0 Å². The SMILES string of the molecule is [O]CC=Cc1ccc(F)cc1F. The van der Waals surface area contributed by atoms with Crippen molar-refractivity contribution in [2.45, 2.75) is 0 Å². The Balaban J connectivity index is 2.94. The lowest BCUT2D eigenvalue weighted by Gasteiger charge is -1.95. The van der Waals surface area contributed by atoms with Gasteiger partial charge in [-0.05, 0) is 12.1 Å². The number of benzene rings is 1. The minimum atomic E-state index is -0.653. The molecule has 0 fully saturated rings. The van der Waals surface area contributed by atoms with Gasteiger partial charge in [0, 0.05) is 11.6 Å². The van der Waals surface area contributed by atoms with Gasteiger partial charge in [0.1, 0.15) is 18.2 Å². The normalized spacial score (nSPS) is 10.9. The zero-order chi connectivity index (χ0) is 8.97. The van der Waals surface area contributed by atoms with E-state index >= 15 is 0 Å². The quantitative estimate of drug-likeness (QED) is 0.647. The molecule has 1 rings (SSSR count). The number of hydrogen-bond donors (Lipinski definition) is 0. The Morgan fingerprint density at radius 3 is 2.67 bits per heavy atom. The molecule has 0 heterocycles. The van der Waals surface area contributed by atoms with Crippen LogP contribution in [0.15, 0.2) is 24.3 Å². The Bertz CT molecular complexity index is 295. The van der Waals surface area contributed by atoms with Gasteiger partial charge in [-0.1, -0.05) is 12.2 Å². The lowest BCUT2D eigenvalue weighted by molar-refractivity contribution is 0.233. The topological polar surface area (TPSA) is 19.9 Å². The van der Waals surface area contributed by atoms with Crippen molar-refractivity contribution in [1.29, 1.82) is 0 Å². The van der Waals surface area contributed by atoms with E-state index in [4.69, 9.17) is 0 Å². The number of halogens is 2. The van der Waals surface area contributed by atoms with E-state index in [-0.39, 0.29) is 5.56 Å². The highest BCUT2D eigenvalue weighted by Crippen LogP contribution is 2.10. The van der Waals surface area contributed by atoms with E-state index in [1.807, 2.05) is 0 Å². The molecule has 1 aromatic carbocycles. The molecule has 0 N–H and O–H groups in total. The Labute approximate surface area is 69.0 Å². The van der Waals surface area contributed by atoms with Crippen molar-refractivity contribution in [2.24, 2.45) is 0 Å². The smallest absolute Gasteiger partial charge is 0.133 e. The second-order valence-corrected chi connectivity index (χ2v) is 2.23. The fourth-order valence-electron chi connectivity index (χ4n) is 0.812. The zero-order valence-corrected chi connectivity index (χ0v) is 6.26. The van der Waals surface area contributed by atoms with Gasteiger partial charge in [-0.2, -0.15) is 0 Å². The summed E-state index contributed by atoms with van der Waals surface area (Å²) >= 11 is 0. The van der Waals surface area contributed by atoms with Crippen LogP contribution in [0.1, 0.15) is 5.56 Å². The van der Waals surface area contributed by atoms with Crippen molar-refractivity contribution in [3.63, 3.8) is 0 Å². The van der Waals surface area contributed by atoms with Crippen LogP contribution in [0.25, 0.3) is 6.08 Å². The summed E-state index contributed by atoms with van der Waals surface area (Å²) in [6, 6.07) is 3.22. The van der Waals surface area contributed by atoms with Gasteiger partial charge in [-0.3, -0.25) is 0 Å². The first-order valence-corrected chi connectivity index (χ1v) is 3.43. The van der Waals surface area contributed by atoms with Gasteiger partial charge >= 0.3 is 0 Å². The first-order chi connectivity index (χ1) is 5.74. The third-order valence-electron chi connectivity index (χ3n) is 1.36. The molecular formula is C9H7F2O. The summed E-state index contributed by atoms with van der Waals surface area (Å²) in [6.07, 6.45) is 2.61. The minimum Gasteiger partial charge on any atom is -0.232 e. The second-order valence-electron chi connectivity index (χ2n) is 2.23. The molecule has 63 valence electrons. The molecule has 12 heavy (non-hydrogen) atoms. The molecule has 1 radical (unpaired) electrons. The average molecular weight is 169 g/mol. The molecule has 0 atom stereocenters. The molecule has 1 nitrogen and oxygen atoms in total. The Hall–Kier alpha value is -1.22. The zero-order valence-electron chi connectivity index (χ0n) is 6.26. The maximum absolute atomic E-state index is 12.8. The van der Waals surface area contributed by atoms with Gasteiger partial charge in [0.25, 0.3) is 0 Å². The van der Waals surface area contributed by atoms with E-state index < -0.39 is 18.2 Å². The summed E-state index contributed by atoms with van der Waals surface area (Å²) in [7, 11) is 0. The van der Waals surface area contributed by atoms with Crippen molar-refractivity contribution < 1.29 is 13.9 Å². The van der Waals surface area contributed by atoms with Gasteiger partial charge in [0.15, 0.2) is 0 Å². The predicted octanol–water partition coefficient (Wildman–Crippen LogP) is 2.41. The van der Waals surface area contributed by atoms with E-state index in [1.54, 1.807) is 0 Å². The van der Waals surface area contributed by atoms with Crippen molar-refractivity contribution in [1.82, 2.24) is 0 Å². The van der Waals surface area contributed by atoms with Crippen LogP contribution in [-0.2, 0) is 5.11 Å². The van der Waals surface area contributed by atoms with E-state index in [0.717, 1.165) is 12.1 Å². The first kappa shape index (κ1) is 8.87. The molecule has 0 unspecified atom stereocenters. The maximum atomic E-state index is 12.8. The number of hydrogen-bond acceptors (Lipinski definition) is 0. The van der Waals surface area contributed by atoms with Crippen LogP contribution in [0, 0.1) is 11.6 Å². The van der Waals surface area contributed by atoms with Crippen molar-refractivity contribution in [3.05, 3.63) is 41.5 Å². The molecule has 0 amide bonds. The van der Waals surface area contributed by atoms with Crippen LogP contribution in [0.3, 0.4) is 0 Å². The largest absolute Gasteiger partial charge is 0.232 e. The Morgan fingerprint density at radius 2 is 2.08 bits per heavy atom. The second kappa shape index (κ2) is 3.97. The summed E-state index contributed by atoms with van der Waals surface area (Å²) in [5, 5.41) is 10.00. The molecule has 3 heteroatoms. The molecule has 0 aliphatic carbocycles. The summed E-state index contributed by atoms with van der Waals surface area (Å²) in [5.74, 6) is -1.27. The summed E-state index contributed by atoms with van der Waals surface area (Å²) in [4.78, 5) is 0. The molecule has 0 aromatic heterocycles. The van der Waals surface area contributed by atoms with Crippen LogP contribution >= 0.6 is 0 Å². The van der Waals surface area contributed by atoms with Gasteiger partial charge < -0.3 is 0 Å². The van der Waals surface area contributed by atoms with E-state index in [1.165, 1.54) is 18.2 Å². The van der Waals surface area contributed by atoms with E-state index in [2.05, 4.69) is 0 Å². The van der Waals surface area contributed by atoms with Crippen molar-refractivity contribution in [3.8, 4) is 0 Å². The van der Waals surface area contributed by atoms with Gasteiger partial charge in [0.2, 0.25) is 0 Å². The molecule has 1 aromatic rings. The highest BCUT2D eigenvalue weighted by atomic mass is 19.1. The van der Waals surface area contributed by atoms with Crippen molar-refractivity contribution >= 4 is 6.08 Å². The number of rotatable bonds is 2. The molecular weight excluding hydrogens is 162 g/mol. The fourth-order valence-corrected chi connectivity index (χ4v) is 0.812. The third-order valence-corrected chi connectivity index (χ3v) is 1.36. The summed E-state index contributed by atoms with van der Waals surface area (Å²) < 4.78 is 25.1. The predicted molar refractivity (Wildman–Crippen MR) is 40.9 cm³/mol. The fraction of sp³-hybridized carbons (Fsp3) is 0.111. The average Bonchev–Trinajstić information content (AvgIpc) is 2.03. The van der Waals surface area contributed by atoms with Crippen LogP contribution in [-0.4, -0.2) is 6.61 Å². The standard InChI is InChI=1S/C9H7F2O/c10-8-4-3-7(2-1-5-12)9(11)6-8/h1-4,6H,5H2. The molecule has 0 aliphatic heterocycles. The van der Waals surface area contributed by atoms with Crippen LogP contribution in [0.2, 0.25) is 0 Å². The van der Waals surface area contributed by atoms with Crippen LogP contribution in [0.4, 0.5) is 8.78 Å². The Kier molecular flexibility index (Phi) is 2.94. The Morgan fingerprint density at radius 1 is 1.33 bits per heavy atom. The third kappa shape index (κ3) is 2.13. The summed E-state index contributed by atoms with van der Waals surface area (Å²) in [5.41, 5.74) is 0.229. The van der Waals surface area contributed by atoms with Crippen molar-refractivity contribution in [2.75, 3.05) is 6.61 Å². The lowest BCUT2D eigenvalue weighted by Crippen LogP contribution is -1.83. The highest BCUT2D eigenvalue weighted by Gasteiger charge is 1.98. The highest BCUT2D eigenvalue weighted by molar-refractivity contribution is 5.49. The molecule has 0 bridgehead atoms. The molecule has 0 spiro atoms. The monoisotopic (exact) mass is 169 g/mol. The molecule has 0 aliphatic rings. The van der Waals surface area contributed by atoms with Crippen LogP contribution < -0.4 is 0 Å². The summed E-state index contributed by atoms with van der Waals surface area (Å²) in [6.45, 7) is -0.406. The van der Waals surface area contributed by atoms with Gasteiger partial charge in [0.05, 0.1) is 0 Å². The maximum Gasteiger partial charge on any atom is 0.133 e. The molecule has 0 saturated heterocycles. The van der Waals surface area contributed by atoms with Crippen LogP contribution in [0.5, 0.6) is 0 Å². The molecule has 0 saturated carbocycles. The van der Waals surface area contributed by atoms with Gasteiger partial charge in [-0.25, -0.2) is 13.9 Å².